The van der Waals surface area contributed by atoms with Gasteiger partial charge in [-0.2, -0.15) is 0 Å². The van der Waals surface area contributed by atoms with Crippen LogP contribution in [0.25, 0.3) is 0 Å². The lowest BCUT2D eigenvalue weighted by atomic mass is 10.0. The monoisotopic (exact) mass is 240 g/mol. The molecule has 2 aliphatic rings. The van der Waals surface area contributed by atoms with Crippen LogP contribution in [0.2, 0.25) is 0 Å². The SMILES string of the molecule is CC(C)OC(=O)N1CC2CN(C(C)C)CC2C1. The van der Waals surface area contributed by atoms with Crippen molar-refractivity contribution < 1.29 is 9.53 Å². The van der Waals surface area contributed by atoms with Crippen LogP contribution in [0.3, 0.4) is 0 Å². The first-order chi connectivity index (χ1) is 7.97. The smallest absolute Gasteiger partial charge is 0.410 e. The standard InChI is InChI=1S/C13H24N2O2/c1-9(2)14-5-11-7-15(8-12(11)6-14)13(16)17-10(3)4/h9-12H,5-8H2,1-4H3. The van der Waals surface area contributed by atoms with Crippen LogP contribution in [0.1, 0.15) is 27.7 Å². The molecule has 0 N–H and O–H groups in total. The van der Waals surface area contributed by atoms with Crippen molar-refractivity contribution in [3.8, 4) is 0 Å². The summed E-state index contributed by atoms with van der Waals surface area (Å²) in [5.74, 6) is 1.30. The maximum atomic E-state index is 11.8. The largest absolute Gasteiger partial charge is 0.447 e. The Bertz CT molecular complexity index is 277. The summed E-state index contributed by atoms with van der Waals surface area (Å²) in [4.78, 5) is 16.2. The van der Waals surface area contributed by atoms with Crippen LogP contribution in [0.4, 0.5) is 4.79 Å². The lowest BCUT2D eigenvalue weighted by Crippen LogP contribution is -2.36. The van der Waals surface area contributed by atoms with Crippen LogP contribution < -0.4 is 0 Å². The molecule has 1 amide bonds. The molecule has 0 aromatic rings. The average molecular weight is 240 g/mol. The minimum Gasteiger partial charge on any atom is -0.447 e. The van der Waals surface area contributed by atoms with Gasteiger partial charge in [0.15, 0.2) is 0 Å². The van der Waals surface area contributed by atoms with E-state index in [1.165, 1.54) is 0 Å². The van der Waals surface area contributed by atoms with E-state index in [1.807, 2.05) is 18.7 Å². The summed E-state index contributed by atoms with van der Waals surface area (Å²) >= 11 is 0. The molecular formula is C13H24N2O2. The Kier molecular flexibility index (Phi) is 3.61. The number of nitrogens with zero attached hydrogens (tertiary/aromatic N) is 2. The second-order valence-corrected chi connectivity index (χ2v) is 5.91. The molecule has 2 atom stereocenters. The number of hydrogen-bond acceptors (Lipinski definition) is 3. The normalized spacial score (nSPS) is 29.2. The number of hydrogen-bond donors (Lipinski definition) is 0. The molecule has 2 saturated heterocycles. The molecule has 0 radical (unpaired) electrons. The van der Waals surface area contributed by atoms with Gasteiger partial charge in [-0.05, 0) is 39.5 Å². The first-order valence-corrected chi connectivity index (χ1v) is 6.67. The summed E-state index contributed by atoms with van der Waals surface area (Å²) < 4.78 is 5.25. The van der Waals surface area contributed by atoms with Gasteiger partial charge >= 0.3 is 6.09 Å². The molecule has 17 heavy (non-hydrogen) atoms. The number of amides is 1. The van der Waals surface area contributed by atoms with Crippen molar-refractivity contribution in [3.63, 3.8) is 0 Å². The van der Waals surface area contributed by atoms with Gasteiger partial charge in [0.2, 0.25) is 0 Å². The van der Waals surface area contributed by atoms with Crippen molar-refractivity contribution in [2.75, 3.05) is 26.2 Å². The molecule has 4 nitrogen and oxygen atoms in total. The van der Waals surface area contributed by atoms with Crippen molar-refractivity contribution in [2.45, 2.75) is 39.8 Å². The maximum Gasteiger partial charge on any atom is 0.410 e. The van der Waals surface area contributed by atoms with E-state index in [-0.39, 0.29) is 12.2 Å². The predicted octanol–water partition coefficient (Wildman–Crippen LogP) is 1.80. The molecule has 0 bridgehead atoms. The molecule has 2 rings (SSSR count). The Morgan fingerprint density at radius 3 is 2.00 bits per heavy atom. The topological polar surface area (TPSA) is 32.8 Å². The van der Waals surface area contributed by atoms with E-state index in [0.717, 1.165) is 26.2 Å². The van der Waals surface area contributed by atoms with Gasteiger partial charge in [0.05, 0.1) is 6.10 Å². The number of fused-ring (bicyclic) bond motifs is 1. The number of ether oxygens (including phenoxy) is 1. The zero-order valence-electron chi connectivity index (χ0n) is 11.3. The van der Waals surface area contributed by atoms with Gasteiger partial charge in [-0.25, -0.2) is 4.79 Å². The summed E-state index contributed by atoms with van der Waals surface area (Å²) in [6.07, 6.45) is -0.152. The lowest BCUT2D eigenvalue weighted by Gasteiger charge is -2.24. The minimum atomic E-state index is -0.134. The summed E-state index contributed by atoms with van der Waals surface area (Å²) in [6, 6.07) is 0.622. The van der Waals surface area contributed by atoms with E-state index >= 15 is 0 Å². The Labute approximate surface area is 104 Å². The first-order valence-electron chi connectivity index (χ1n) is 6.67. The molecule has 0 aromatic carbocycles. The third-order valence-corrected chi connectivity index (χ3v) is 3.84. The van der Waals surface area contributed by atoms with Gasteiger partial charge in [0.25, 0.3) is 0 Å². The lowest BCUT2D eigenvalue weighted by molar-refractivity contribution is 0.0796. The van der Waals surface area contributed by atoms with Gasteiger partial charge in [-0.15, -0.1) is 0 Å². The van der Waals surface area contributed by atoms with Crippen molar-refractivity contribution in [1.29, 1.82) is 0 Å². The summed E-state index contributed by atoms with van der Waals surface area (Å²) in [5, 5.41) is 0. The predicted molar refractivity (Wildman–Crippen MR) is 66.9 cm³/mol. The Hall–Kier alpha value is -0.770. The third-order valence-electron chi connectivity index (χ3n) is 3.84. The molecule has 2 unspecified atom stereocenters. The number of likely N-dealkylation sites (tertiary alicyclic amines) is 2. The molecule has 4 heteroatoms. The molecule has 2 fully saturated rings. The van der Waals surface area contributed by atoms with Crippen LogP contribution >= 0.6 is 0 Å². The highest BCUT2D eigenvalue weighted by Crippen LogP contribution is 2.32. The Morgan fingerprint density at radius 2 is 1.59 bits per heavy atom. The second kappa shape index (κ2) is 4.84. The molecule has 2 aliphatic heterocycles. The van der Waals surface area contributed by atoms with Crippen LogP contribution in [0.5, 0.6) is 0 Å². The highest BCUT2D eigenvalue weighted by molar-refractivity contribution is 5.68. The van der Waals surface area contributed by atoms with Crippen molar-refractivity contribution >= 4 is 6.09 Å². The van der Waals surface area contributed by atoms with Crippen molar-refractivity contribution in [2.24, 2.45) is 11.8 Å². The second-order valence-electron chi connectivity index (χ2n) is 5.91. The number of carbonyl (C=O) groups is 1. The Morgan fingerprint density at radius 1 is 1.06 bits per heavy atom. The van der Waals surface area contributed by atoms with E-state index in [4.69, 9.17) is 4.74 Å². The van der Waals surface area contributed by atoms with Gasteiger partial charge < -0.3 is 14.5 Å². The van der Waals surface area contributed by atoms with Gasteiger partial charge in [-0.3, -0.25) is 0 Å². The molecule has 0 saturated carbocycles. The van der Waals surface area contributed by atoms with Crippen LogP contribution in [-0.2, 0) is 4.74 Å². The van der Waals surface area contributed by atoms with Gasteiger partial charge in [0.1, 0.15) is 0 Å². The van der Waals surface area contributed by atoms with Crippen LogP contribution in [-0.4, -0.2) is 54.2 Å². The van der Waals surface area contributed by atoms with E-state index in [1.54, 1.807) is 0 Å². The quantitative estimate of drug-likeness (QED) is 0.738. The average Bonchev–Trinajstić information content (AvgIpc) is 2.71. The van der Waals surface area contributed by atoms with Gasteiger partial charge in [0, 0.05) is 32.2 Å². The summed E-state index contributed by atoms with van der Waals surface area (Å²) in [5.41, 5.74) is 0. The molecule has 2 heterocycles. The van der Waals surface area contributed by atoms with Gasteiger partial charge in [-0.1, -0.05) is 0 Å². The fourth-order valence-electron chi connectivity index (χ4n) is 2.88. The molecule has 0 aromatic heterocycles. The maximum absolute atomic E-state index is 11.8. The molecular weight excluding hydrogens is 216 g/mol. The fraction of sp³-hybridized carbons (Fsp3) is 0.923. The fourth-order valence-corrected chi connectivity index (χ4v) is 2.88. The first kappa shape index (κ1) is 12.7. The van der Waals surface area contributed by atoms with E-state index in [2.05, 4.69) is 18.7 Å². The highest BCUT2D eigenvalue weighted by atomic mass is 16.6. The van der Waals surface area contributed by atoms with Crippen molar-refractivity contribution in [3.05, 3.63) is 0 Å². The summed E-state index contributed by atoms with van der Waals surface area (Å²) in [7, 11) is 0. The zero-order chi connectivity index (χ0) is 12.6. The van der Waals surface area contributed by atoms with Crippen molar-refractivity contribution in [1.82, 2.24) is 9.80 Å². The minimum absolute atomic E-state index is 0.0184. The summed E-state index contributed by atoms with van der Waals surface area (Å²) in [6.45, 7) is 12.3. The van der Waals surface area contributed by atoms with Crippen LogP contribution in [0, 0.1) is 11.8 Å². The van der Waals surface area contributed by atoms with E-state index in [0.29, 0.717) is 17.9 Å². The molecule has 0 spiro atoms. The number of carbonyl (C=O) groups excluding carboxylic acids is 1. The van der Waals surface area contributed by atoms with E-state index < -0.39 is 0 Å². The molecule has 0 aliphatic carbocycles. The Balaban J connectivity index is 1.85. The number of rotatable bonds is 2. The van der Waals surface area contributed by atoms with E-state index in [9.17, 15) is 4.79 Å². The van der Waals surface area contributed by atoms with Crippen LogP contribution in [0.15, 0.2) is 0 Å². The third kappa shape index (κ3) is 2.73. The highest BCUT2D eigenvalue weighted by Gasteiger charge is 2.42. The molecule has 98 valence electrons. The zero-order valence-corrected chi connectivity index (χ0v) is 11.3.